The minimum Gasteiger partial charge on any atom is -0.408 e. The average molecular weight is 175 g/mol. The van der Waals surface area contributed by atoms with E-state index in [1.807, 2.05) is 37.3 Å². The van der Waals surface area contributed by atoms with Gasteiger partial charge in [-0.05, 0) is 24.6 Å². The highest BCUT2D eigenvalue weighted by Gasteiger charge is 1.99. The molecular formula is C10H9NO2. The Bertz CT molecular complexity index is 505. The predicted molar refractivity (Wildman–Crippen MR) is 51.5 cm³/mol. The summed E-state index contributed by atoms with van der Waals surface area (Å²) in [5.74, 6) is -0.410. The zero-order chi connectivity index (χ0) is 9.26. The van der Waals surface area contributed by atoms with Gasteiger partial charge in [-0.3, -0.25) is 4.98 Å². The van der Waals surface area contributed by atoms with Crippen molar-refractivity contribution < 1.29 is 4.42 Å². The first-order valence-corrected chi connectivity index (χ1v) is 4.05. The molecule has 0 radical (unpaired) electrons. The first kappa shape index (κ1) is 7.86. The first-order valence-electron chi connectivity index (χ1n) is 4.05. The van der Waals surface area contributed by atoms with Gasteiger partial charge in [-0.1, -0.05) is 18.2 Å². The molecule has 1 N–H and O–H groups in total. The monoisotopic (exact) mass is 175 g/mol. The van der Waals surface area contributed by atoms with Gasteiger partial charge in [0.25, 0.3) is 0 Å². The fourth-order valence-electron chi connectivity index (χ4n) is 1.26. The van der Waals surface area contributed by atoms with Gasteiger partial charge in [0, 0.05) is 0 Å². The molecule has 66 valence electrons. The summed E-state index contributed by atoms with van der Waals surface area (Å²) in [6, 6.07) is 5.58. The zero-order valence-corrected chi connectivity index (χ0v) is 7.20. The number of hydrogen-bond acceptors (Lipinski definition) is 2. The van der Waals surface area contributed by atoms with Gasteiger partial charge in [0.1, 0.15) is 0 Å². The zero-order valence-electron chi connectivity index (χ0n) is 7.20. The van der Waals surface area contributed by atoms with Crippen LogP contribution in [0.15, 0.2) is 33.5 Å². The third-order valence-corrected chi connectivity index (χ3v) is 1.80. The lowest BCUT2D eigenvalue weighted by molar-refractivity contribution is 0.555. The molecule has 0 fully saturated rings. The number of allylic oxidation sites excluding steroid dienone is 1. The summed E-state index contributed by atoms with van der Waals surface area (Å²) in [6.07, 6.45) is 3.89. The first-order chi connectivity index (χ1) is 6.29. The highest BCUT2D eigenvalue weighted by Crippen LogP contribution is 2.13. The van der Waals surface area contributed by atoms with Crippen LogP contribution in [-0.2, 0) is 0 Å². The van der Waals surface area contributed by atoms with Crippen LogP contribution in [0, 0.1) is 0 Å². The molecule has 0 saturated carbocycles. The fourth-order valence-corrected chi connectivity index (χ4v) is 1.26. The lowest BCUT2D eigenvalue weighted by atomic mass is 10.2. The number of nitrogens with one attached hydrogen (secondary N) is 1. The Labute approximate surface area is 74.7 Å². The summed E-state index contributed by atoms with van der Waals surface area (Å²) < 4.78 is 4.91. The third-order valence-electron chi connectivity index (χ3n) is 1.80. The SMILES string of the molecule is CC=Cc1ccc2[nH]c(=O)oc2c1. The van der Waals surface area contributed by atoms with Crippen LogP contribution < -0.4 is 5.76 Å². The van der Waals surface area contributed by atoms with E-state index in [9.17, 15) is 4.79 Å². The summed E-state index contributed by atoms with van der Waals surface area (Å²) in [5, 5.41) is 0. The van der Waals surface area contributed by atoms with E-state index in [2.05, 4.69) is 4.98 Å². The molecule has 1 aromatic carbocycles. The van der Waals surface area contributed by atoms with Crippen molar-refractivity contribution in [2.75, 3.05) is 0 Å². The van der Waals surface area contributed by atoms with Crippen LogP contribution in [0.2, 0.25) is 0 Å². The van der Waals surface area contributed by atoms with Gasteiger partial charge in [0.15, 0.2) is 5.58 Å². The van der Waals surface area contributed by atoms with E-state index in [1.54, 1.807) is 0 Å². The Hall–Kier alpha value is -1.77. The van der Waals surface area contributed by atoms with Gasteiger partial charge < -0.3 is 4.42 Å². The van der Waals surface area contributed by atoms with E-state index in [1.165, 1.54) is 0 Å². The Balaban J connectivity index is 2.67. The highest BCUT2D eigenvalue weighted by atomic mass is 16.4. The van der Waals surface area contributed by atoms with Crippen molar-refractivity contribution in [3.8, 4) is 0 Å². The molecule has 2 aromatic rings. The molecule has 1 heterocycles. The smallest absolute Gasteiger partial charge is 0.408 e. The van der Waals surface area contributed by atoms with Gasteiger partial charge in [-0.15, -0.1) is 0 Å². The number of aromatic nitrogens is 1. The molecule has 0 aliphatic rings. The second-order valence-electron chi connectivity index (χ2n) is 2.77. The van der Waals surface area contributed by atoms with Gasteiger partial charge in [0.2, 0.25) is 0 Å². The second kappa shape index (κ2) is 2.94. The molecule has 0 aliphatic carbocycles. The van der Waals surface area contributed by atoms with Crippen molar-refractivity contribution >= 4 is 17.2 Å². The van der Waals surface area contributed by atoms with Crippen molar-refractivity contribution in [3.63, 3.8) is 0 Å². The number of rotatable bonds is 1. The molecule has 13 heavy (non-hydrogen) atoms. The van der Waals surface area contributed by atoms with Crippen molar-refractivity contribution in [1.82, 2.24) is 4.98 Å². The lowest BCUT2D eigenvalue weighted by Gasteiger charge is -1.90. The van der Waals surface area contributed by atoms with Crippen molar-refractivity contribution in [2.45, 2.75) is 6.92 Å². The molecule has 0 bridgehead atoms. The number of oxazole rings is 1. The molecule has 0 saturated heterocycles. The fraction of sp³-hybridized carbons (Fsp3) is 0.100. The summed E-state index contributed by atoms with van der Waals surface area (Å²) >= 11 is 0. The molecule has 2 rings (SSSR count). The van der Waals surface area contributed by atoms with Crippen LogP contribution in [-0.4, -0.2) is 4.98 Å². The second-order valence-corrected chi connectivity index (χ2v) is 2.77. The van der Waals surface area contributed by atoms with Gasteiger partial charge in [-0.25, -0.2) is 4.79 Å². The molecule has 0 atom stereocenters. The van der Waals surface area contributed by atoms with Gasteiger partial charge in [-0.2, -0.15) is 0 Å². The lowest BCUT2D eigenvalue weighted by Crippen LogP contribution is -1.92. The minimum atomic E-state index is -0.410. The number of benzene rings is 1. The maximum Gasteiger partial charge on any atom is 0.417 e. The summed E-state index contributed by atoms with van der Waals surface area (Å²) in [7, 11) is 0. The maximum atomic E-state index is 10.8. The summed E-state index contributed by atoms with van der Waals surface area (Å²) in [5.41, 5.74) is 2.36. The average Bonchev–Trinajstić information content (AvgIpc) is 2.44. The molecule has 0 spiro atoms. The standard InChI is InChI=1S/C10H9NO2/c1-2-3-7-4-5-8-9(6-7)13-10(12)11-8/h2-6H,1H3,(H,11,12). The molecule has 0 amide bonds. The summed E-state index contributed by atoms with van der Waals surface area (Å²) in [6.45, 7) is 1.94. The van der Waals surface area contributed by atoms with E-state index in [0.717, 1.165) is 11.1 Å². The van der Waals surface area contributed by atoms with Crippen LogP contribution in [0.25, 0.3) is 17.2 Å². The Kier molecular flexibility index (Phi) is 1.77. The van der Waals surface area contributed by atoms with E-state index < -0.39 is 5.76 Å². The molecule has 3 heteroatoms. The number of aromatic amines is 1. The predicted octanol–water partition coefficient (Wildman–Crippen LogP) is 2.15. The van der Waals surface area contributed by atoms with Crippen LogP contribution in [0.4, 0.5) is 0 Å². The van der Waals surface area contributed by atoms with Crippen molar-refractivity contribution in [2.24, 2.45) is 0 Å². The highest BCUT2D eigenvalue weighted by molar-refractivity contribution is 5.75. The Morgan fingerprint density at radius 2 is 2.31 bits per heavy atom. The largest absolute Gasteiger partial charge is 0.417 e. The van der Waals surface area contributed by atoms with Crippen molar-refractivity contribution in [1.29, 1.82) is 0 Å². The Morgan fingerprint density at radius 1 is 1.46 bits per heavy atom. The molecule has 0 unspecified atom stereocenters. The number of hydrogen-bond donors (Lipinski definition) is 1. The van der Waals surface area contributed by atoms with E-state index in [4.69, 9.17) is 4.42 Å². The molecule has 0 aliphatic heterocycles. The molecule has 1 aromatic heterocycles. The third kappa shape index (κ3) is 1.40. The van der Waals surface area contributed by atoms with E-state index in [-0.39, 0.29) is 0 Å². The van der Waals surface area contributed by atoms with E-state index >= 15 is 0 Å². The molecular weight excluding hydrogens is 166 g/mol. The number of fused-ring (bicyclic) bond motifs is 1. The Morgan fingerprint density at radius 3 is 3.08 bits per heavy atom. The maximum absolute atomic E-state index is 10.8. The molecule has 3 nitrogen and oxygen atoms in total. The van der Waals surface area contributed by atoms with Crippen LogP contribution in [0.1, 0.15) is 12.5 Å². The van der Waals surface area contributed by atoms with Crippen LogP contribution in [0.3, 0.4) is 0 Å². The van der Waals surface area contributed by atoms with Gasteiger partial charge in [0.05, 0.1) is 5.52 Å². The normalized spacial score (nSPS) is 11.5. The van der Waals surface area contributed by atoms with Crippen LogP contribution >= 0.6 is 0 Å². The quantitative estimate of drug-likeness (QED) is 0.721. The topological polar surface area (TPSA) is 46.0 Å². The minimum absolute atomic E-state index is 0.410. The van der Waals surface area contributed by atoms with Crippen molar-refractivity contribution in [3.05, 3.63) is 40.4 Å². The van der Waals surface area contributed by atoms with Crippen LogP contribution in [0.5, 0.6) is 0 Å². The van der Waals surface area contributed by atoms with E-state index in [0.29, 0.717) is 5.58 Å². The summed E-state index contributed by atoms with van der Waals surface area (Å²) in [4.78, 5) is 13.4. The number of H-pyrrole nitrogens is 1. The van der Waals surface area contributed by atoms with Gasteiger partial charge >= 0.3 is 5.76 Å².